The van der Waals surface area contributed by atoms with Gasteiger partial charge in [0.2, 0.25) is 11.8 Å². The van der Waals surface area contributed by atoms with Crippen molar-refractivity contribution in [2.75, 3.05) is 27.2 Å². The molecule has 3 saturated heterocycles. The number of piperazine rings is 1. The van der Waals surface area contributed by atoms with Gasteiger partial charge in [-0.3, -0.25) is 14.5 Å². The highest BCUT2D eigenvalue weighted by Crippen LogP contribution is 2.48. The van der Waals surface area contributed by atoms with E-state index in [1.807, 2.05) is 15.9 Å². The summed E-state index contributed by atoms with van der Waals surface area (Å²) in [6, 6.07) is 6.78. The number of hydrogen-bond donors (Lipinski definition) is 1. The summed E-state index contributed by atoms with van der Waals surface area (Å²) in [5.74, 6) is 0.154. The van der Waals surface area contributed by atoms with Gasteiger partial charge in [-0.25, -0.2) is 4.79 Å². The van der Waals surface area contributed by atoms with Gasteiger partial charge < -0.3 is 19.9 Å². The molecule has 5 aliphatic rings. The minimum atomic E-state index is -0.910. The molecule has 3 amide bonds. The number of carbonyl (C=O) groups excluding carboxylic acids is 3. The number of fused-ring (bicyclic) bond motifs is 4. The highest BCUT2D eigenvalue weighted by molar-refractivity contribution is 7.94. The fraction of sp³-hybridized carbons (Fsp3) is 0.667. The molecule has 4 fully saturated rings. The topological polar surface area (TPSA) is 128 Å². The first kappa shape index (κ1) is 30.1. The number of benzene rings is 1. The molecule has 3 aliphatic heterocycles. The predicted molar refractivity (Wildman–Crippen MR) is 156 cm³/mol. The van der Waals surface area contributed by atoms with E-state index in [0.29, 0.717) is 25.3 Å². The molecule has 2 bridgehead atoms. The van der Waals surface area contributed by atoms with Gasteiger partial charge in [0.1, 0.15) is 17.7 Å². The van der Waals surface area contributed by atoms with Gasteiger partial charge in [0.05, 0.1) is 30.2 Å². The number of hydroxylamine groups is 2. The second-order valence-electron chi connectivity index (χ2n) is 13.4. The van der Waals surface area contributed by atoms with Crippen molar-refractivity contribution >= 4 is 30.0 Å². The molecule has 3 heterocycles. The van der Waals surface area contributed by atoms with Crippen molar-refractivity contribution in [2.24, 2.45) is 5.92 Å². The van der Waals surface area contributed by atoms with Crippen LogP contribution in [-0.2, 0) is 30.1 Å². The molecule has 43 heavy (non-hydrogen) atoms. The van der Waals surface area contributed by atoms with E-state index in [9.17, 15) is 19.6 Å². The minimum absolute atomic E-state index is 0.0164. The summed E-state index contributed by atoms with van der Waals surface area (Å²) in [6.45, 7) is 6.13. The van der Waals surface area contributed by atoms with E-state index in [-0.39, 0.29) is 42.5 Å². The number of amides is 3. The summed E-state index contributed by atoms with van der Waals surface area (Å²) >= 11 is 1.15. The number of ether oxygens (including phenoxy) is 1. The van der Waals surface area contributed by atoms with Crippen LogP contribution in [0.15, 0.2) is 23.1 Å². The first-order valence-corrected chi connectivity index (χ1v) is 15.8. The van der Waals surface area contributed by atoms with Crippen LogP contribution in [-0.4, -0.2) is 101 Å². The summed E-state index contributed by atoms with van der Waals surface area (Å²) in [4.78, 5) is 52.1. The Morgan fingerprint density at radius 1 is 1.21 bits per heavy atom. The first-order valence-electron chi connectivity index (χ1n) is 15.0. The van der Waals surface area contributed by atoms with Crippen molar-refractivity contribution in [2.45, 2.75) is 99.6 Å². The summed E-state index contributed by atoms with van der Waals surface area (Å²) in [5.41, 5.74) is 1.65. The number of piperidine rings is 1. The average molecular weight is 613 g/mol. The zero-order chi connectivity index (χ0) is 30.6. The third kappa shape index (κ3) is 6.08. The molecule has 0 unspecified atom stereocenters. The van der Waals surface area contributed by atoms with Crippen LogP contribution < -0.4 is 5.32 Å². The molecule has 0 radical (unpaired) electrons. The molecule has 1 N–H and O–H groups in total. The molecular weight excluding hydrogens is 572 g/mol. The van der Waals surface area contributed by atoms with Gasteiger partial charge in [0.15, 0.2) is 0 Å². The lowest BCUT2D eigenvalue weighted by Crippen LogP contribution is -2.59. The van der Waals surface area contributed by atoms with Crippen LogP contribution in [0.4, 0.5) is 4.79 Å². The van der Waals surface area contributed by atoms with Gasteiger partial charge >= 0.3 is 6.09 Å². The van der Waals surface area contributed by atoms with Crippen LogP contribution >= 0.6 is 12.0 Å². The average Bonchev–Trinajstić information content (AvgIpc) is 3.25. The minimum Gasteiger partial charge on any atom is -0.444 e. The van der Waals surface area contributed by atoms with Gasteiger partial charge in [-0.15, -0.1) is 9.32 Å². The lowest BCUT2D eigenvalue weighted by Gasteiger charge is -2.39. The number of nitriles is 1. The second kappa shape index (κ2) is 11.6. The van der Waals surface area contributed by atoms with Crippen LogP contribution in [0, 0.1) is 17.2 Å². The highest BCUT2D eigenvalue weighted by atomic mass is 32.2. The molecule has 7 atom stereocenters. The SMILES string of the molecule is CN(C)OOSc1ccc2c(c1)CC[C@H]2N1C(=O)[C@H]2C[C@@H]1CN2C[C@H](NC(=O)OC(C)(C)C)C(=O)N1[C@H](C#N)C[C@@H]2C[C@@H]21. The Labute approximate surface area is 256 Å². The normalized spacial score (nSPS) is 29.9. The number of nitrogens with zero attached hydrogens (tertiary/aromatic N) is 5. The van der Waals surface area contributed by atoms with E-state index in [1.165, 1.54) is 16.2 Å². The summed E-state index contributed by atoms with van der Waals surface area (Å²) in [6.07, 6.45) is 3.32. The lowest BCUT2D eigenvalue weighted by atomic mass is 10.1. The molecule has 2 aliphatic carbocycles. The van der Waals surface area contributed by atoms with E-state index in [1.54, 1.807) is 39.8 Å². The maximum Gasteiger partial charge on any atom is 0.408 e. The van der Waals surface area contributed by atoms with E-state index in [0.717, 1.165) is 36.2 Å². The van der Waals surface area contributed by atoms with Crippen molar-refractivity contribution in [3.05, 3.63) is 29.3 Å². The maximum atomic E-state index is 13.8. The molecule has 1 aromatic rings. The second-order valence-corrected chi connectivity index (χ2v) is 14.2. The van der Waals surface area contributed by atoms with Gasteiger partial charge in [-0.1, -0.05) is 6.07 Å². The number of carbonyl (C=O) groups is 3. The number of alkyl carbamates (subject to hydrolysis) is 1. The molecule has 12 nitrogen and oxygen atoms in total. The molecule has 6 rings (SSSR count). The number of rotatable bonds is 9. The molecular formula is C30H40N6O6S. The zero-order valence-corrected chi connectivity index (χ0v) is 26.1. The fourth-order valence-corrected chi connectivity index (χ4v) is 7.81. The van der Waals surface area contributed by atoms with Crippen molar-refractivity contribution in [1.82, 2.24) is 25.1 Å². The van der Waals surface area contributed by atoms with Crippen LogP contribution in [0.3, 0.4) is 0 Å². The summed E-state index contributed by atoms with van der Waals surface area (Å²) in [5, 5.41) is 13.9. The van der Waals surface area contributed by atoms with Crippen LogP contribution in [0.1, 0.15) is 63.6 Å². The number of likely N-dealkylation sites (tertiary alicyclic amines) is 3. The monoisotopic (exact) mass is 612 g/mol. The molecule has 0 aromatic heterocycles. The van der Waals surface area contributed by atoms with Gasteiger partial charge in [0.25, 0.3) is 0 Å². The standard InChI is InChI=1S/C30H40N6O6S/c1-30(2,3)40-29(39)32-23(27(37)35-19(14-31)10-18-12-25(18)35)16-34-15-20-13-26(34)28(38)36(20)24-9-6-17-11-21(7-8-22(17)24)43-42-41-33(4)5/h7-8,11,18-20,23-26H,6,9-10,12-13,15-16H2,1-5H3,(H,32,39)/t18-,19+,20-,23+,24-,25+,26-/m1/s1. The molecule has 1 saturated carbocycles. The first-order chi connectivity index (χ1) is 20.4. The van der Waals surface area contributed by atoms with Crippen molar-refractivity contribution in [1.29, 1.82) is 5.26 Å². The Hall–Kier alpha value is -2.89. The van der Waals surface area contributed by atoms with E-state index < -0.39 is 23.8 Å². The van der Waals surface area contributed by atoms with E-state index in [2.05, 4.69) is 23.5 Å². The van der Waals surface area contributed by atoms with E-state index >= 15 is 0 Å². The smallest absolute Gasteiger partial charge is 0.408 e. The number of hydrogen-bond acceptors (Lipinski definition) is 10. The van der Waals surface area contributed by atoms with Crippen molar-refractivity contribution < 1.29 is 28.4 Å². The van der Waals surface area contributed by atoms with Crippen molar-refractivity contribution in [3.8, 4) is 6.07 Å². The van der Waals surface area contributed by atoms with Crippen molar-refractivity contribution in [3.63, 3.8) is 0 Å². The Balaban J connectivity index is 1.13. The number of nitrogens with one attached hydrogen (secondary N) is 1. The molecule has 1 aromatic carbocycles. The quantitative estimate of drug-likeness (QED) is 0.253. The molecule has 13 heteroatoms. The number of aryl methyl sites for hydroxylation is 1. The van der Waals surface area contributed by atoms with Crippen LogP contribution in [0.5, 0.6) is 0 Å². The molecule has 0 spiro atoms. The third-order valence-electron chi connectivity index (χ3n) is 9.03. The highest BCUT2D eigenvalue weighted by Gasteiger charge is 2.57. The lowest BCUT2D eigenvalue weighted by molar-refractivity contribution is -0.340. The van der Waals surface area contributed by atoms with Crippen LogP contribution in [0.2, 0.25) is 0 Å². The summed E-state index contributed by atoms with van der Waals surface area (Å²) in [7, 11) is 3.48. The Morgan fingerprint density at radius 2 is 2.00 bits per heavy atom. The molecule has 232 valence electrons. The Bertz CT molecular complexity index is 1330. The Morgan fingerprint density at radius 3 is 2.70 bits per heavy atom. The Kier molecular flexibility index (Phi) is 8.10. The summed E-state index contributed by atoms with van der Waals surface area (Å²) < 4.78 is 10.7. The largest absolute Gasteiger partial charge is 0.444 e. The van der Waals surface area contributed by atoms with Gasteiger partial charge in [-0.05, 0) is 82.1 Å². The zero-order valence-electron chi connectivity index (χ0n) is 25.3. The van der Waals surface area contributed by atoms with Gasteiger partial charge in [-0.2, -0.15) is 10.3 Å². The predicted octanol–water partition coefficient (Wildman–Crippen LogP) is 2.80. The van der Waals surface area contributed by atoms with E-state index in [4.69, 9.17) is 14.1 Å². The van der Waals surface area contributed by atoms with Gasteiger partial charge in [0, 0.05) is 44.2 Å². The maximum absolute atomic E-state index is 13.8. The third-order valence-corrected chi connectivity index (χ3v) is 9.61. The van der Waals surface area contributed by atoms with Crippen LogP contribution in [0.25, 0.3) is 0 Å². The fourth-order valence-electron chi connectivity index (χ4n) is 7.27.